The zero-order valence-corrected chi connectivity index (χ0v) is 8.98. The summed E-state index contributed by atoms with van der Waals surface area (Å²) < 4.78 is 6.87. The van der Waals surface area contributed by atoms with Gasteiger partial charge in [0.1, 0.15) is 6.33 Å². The number of aromatic nitrogens is 4. The molecule has 0 aromatic carbocycles. The van der Waals surface area contributed by atoms with Crippen molar-refractivity contribution >= 4 is 5.84 Å². The fraction of sp³-hybridized carbons (Fsp3) is 0.111. The molecule has 0 atom stereocenters. The first-order valence-electron chi connectivity index (χ1n) is 4.66. The van der Waals surface area contributed by atoms with E-state index in [1.54, 1.807) is 13.1 Å². The predicted octanol–water partition coefficient (Wildman–Crippen LogP) is 0.0969. The minimum Gasteiger partial charge on any atom is -0.421 e. The van der Waals surface area contributed by atoms with Crippen LogP contribution >= 0.6 is 0 Å². The zero-order valence-electron chi connectivity index (χ0n) is 8.98. The normalized spacial score (nSPS) is 11.5. The summed E-state index contributed by atoms with van der Waals surface area (Å²) in [5.41, 5.74) is 5.91. The van der Waals surface area contributed by atoms with E-state index in [2.05, 4.69) is 20.2 Å². The van der Waals surface area contributed by atoms with Gasteiger partial charge in [0.05, 0.1) is 11.8 Å². The molecule has 2 aromatic rings. The monoisotopic (exact) mass is 234 g/mol. The van der Waals surface area contributed by atoms with E-state index in [4.69, 9.17) is 15.7 Å². The quantitative estimate of drug-likeness (QED) is 0.337. The van der Waals surface area contributed by atoms with Gasteiger partial charge in [-0.05, 0) is 6.07 Å². The van der Waals surface area contributed by atoms with Crippen molar-refractivity contribution in [3.8, 4) is 11.8 Å². The van der Waals surface area contributed by atoms with Crippen molar-refractivity contribution in [2.24, 2.45) is 17.9 Å². The summed E-state index contributed by atoms with van der Waals surface area (Å²) in [6.45, 7) is 0. The fourth-order valence-electron chi connectivity index (χ4n) is 1.19. The largest absolute Gasteiger partial charge is 0.421 e. The molecule has 0 saturated carbocycles. The lowest BCUT2D eigenvalue weighted by molar-refractivity contribution is 0.318. The Balaban J connectivity index is 2.32. The van der Waals surface area contributed by atoms with Crippen LogP contribution < -0.4 is 10.5 Å². The van der Waals surface area contributed by atoms with Crippen molar-refractivity contribution in [1.82, 2.24) is 19.7 Å². The summed E-state index contributed by atoms with van der Waals surface area (Å²) in [5.74, 6) is 0.243. The second-order valence-corrected chi connectivity index (χ2v) is 3.16. The van der Waals surface area contributed by atoms with Crippen molar-refractivity contribution in [1.29, 1.82) is 0 Å². The standard InChI is InChI=1S/C9H10N6O2/c1-15-5-12-9(13-15)17-7-4-11-3-2-6(7)8(10)14-16/h2-5,16H,1H3,(H2,10,14). The zero-order chi connectivity index (χ0) is 12.3. The van der Waals surface area contributed by atoms with Crippen molar-refractivity contribution in [2.75, 3.05) is 0 Å². The number of hydrogen-bond acceptors (Lipinski definition) is 6. The van der Waals surface area contributed by atoms with E-state index < -0.39 is 0 Å². The molecule has 0 bridgehead atoms. The molecule has 17 heavy (non-hydrogen) atoms. The topological polar surface area (TPSA) is 111 Å². The van der Waals surface area contributed by atoms with Crippen LogP contribution in [0.4, 0.5) is 0 Å². The molecule has 0 radical (unpaired) electrons. The molecule has 0 spiro atoms. The van der Waals surface area contributed by atoms with Crippen molar-refractivity contribution in [3.63, 3.8) is 0 Å². The van der Waals surface area contributed by atoms with Crippen molar-refractivity contribution in [2.45, 2.75) is 0 Å². The third kappa shape index (κ3) is 2.30. The smallest absolute Gasteiger partial charge is 0.341 e. The molecule has 0 saturated heterocycles. The van der Waals surface area contributed by atoms with Crippen LogP contribution in [-0.4, -0.2) is 30.8 Å². The van der Waals surface area contributed by atoms with E-state index in [0.717, 1.165) is 0 Å². The van der Waals surface area contributed by atoms with Gasteiger partial charge in [-0.15, -0.1) is 5.10 Å². The Bertz CT molecular complexity index is 550. The van der Waals surface area contributed by atoms with E-state index in [0.29, 0.717) is 11.3 Å². The van der Waals surface area contributed by atoms with E-state index >= 15 is 0 Å². The number of nitrogens with zero attached hydrogens (tertiary/aromatic N) is 5. The van der Waals surface area contributed by atoms with Crippen LogP contribution in [0.2, 0.25) is 0 Å². The molecule has 0 unspecified atom stereocenters. The van der Waals surface area contributed by atoms with Gasteiger partial charge in [0.15, 0.2) is 11.6 Å². The highest BCUT2D eigenvalue weighted by Gasteiger charge is 2.11. The first kappa shape index (κ1) is 10.9. The summed E-state index contributed by atoms with van der Waals surface area (Å²) in [6.07, 6.45) is 4.44. The van der Waals surface area contributed by atoms with Gasteiger partial charge in [0, 0.05) is 13.2 Å². The van der Waals surface area contributed by atoms with Crippen LogP contribution in [0.15, 0.2) is 29.9 Å². The summed E-state index contributed by atoms with van der Waals surface area (Å²) in [7, 11) is 1.72. The van der Waals surface area contributed by atoms with Crippen LogP contribution in [0.3, 0.4) is 0 Å². The van der Waals surface area contributed by atoms with Gasteiger partial charge >= 0.3 is 6.01 Å². The predicted molar refractivity (Wildman–Crippen MR) is 57.8 cm³/mol. The van der Waals surface area contributed by atoms with Gasteiger partial charge in [-0.25, -0.2) is 0 Å². The molecule has 0 aliphatic carbocycles. The summed E-state index contributed by atoms with van der Waals surface area (Å²) in [5, 5.41) is 15.5. The number of oxime groups is 1. The first-order valence-corrected chi connectivity index (χ1v) is 4.66. The van der Waals surface area contributed by atoms with Crippen molar-refractivity contribution < 1.29 is 9.94 Å². The van der Waals surface area contributed by atoms with Crippen LogP contribution in [0.25, 0.3) is 0 Å². The van der Waals surface area contributed by atoms with Gasteiger partial charge in [0.2, 0.25) is 0 Å². The van der Waals surface area contributed by atoms with E-state index in [9.17, 15) is 0 Å². The van der Waals surface area contributed by atoms with Gasteiger partial charge in [0.25, 0.3) is 0 Å². The van der Waals surface area contributed by atoms with Gasteiger partial charge in [-0.3, -0.25) is 9.67 Å². The molecule has 0 amide bonds. The van der Waals surface area contributed by atoms with E-state index in [-0.39, 0.29) is 11.8 Å². The minimum atomic E-state index is -0.0710. The van der Waals surface area contributed by atoms with Gasteiger partial charge < -0.3 is 15.7 Å². The number of ether oxygens (including phenoxy) is 1. The van der Waals surface area contributed by atoms with E-state index in [1.807, 2.05) is 0 Å². The molecule has 8 heteroatoms. The SMILES string of the molecule is Cn1cnc(Oc2cnccc2/C(N)=N/O)n1. The summed E-state index contributed by atoms with van der Waals surface area (Å²) in [6, 6.07) is 1.72. The maximum atomic E-state index is 8.63. The molecule has 2 heterocycles. The maximum absolute atomic E-state index is 8.63. The van der Waals surface area contributed by atoms with Crippen LogP contribution in [0.5, 0.6) is 11.8 Å². The van der Waals surface area contributed by atoms with Crippen LogP contribution in [0.1, 0.15) is 5.56 Å². The fourth-order valence-corrected chi connectivity index (χ4v) is 1.19. The third-order valence-electron chi connectivity index (χ3n) is 1.95. The van der Waals surface area contributed by atoms with Gasteiger partial charge in [-0.2, -0.15) is 4.98 Å². The Labute approximate surface area is 96.4 Å². The van der Waals surface area contributed by atoms with Crippen LogP contribution in [0, 0.1) is 0 Å². The Hall–Kier alpha value is -2.64. The third-order valence-corrected chi connectivity index (χ3v) is 1.95. The first-order chi connectivity index (χ1) is 8.20. The highest BCUT2D eigenvalue weighted by molar-refractivity contribution is 5.99. The van der Waals surface area contributed by atoms with Crippen molar-refractivity contribution in [3.05, 3.63) is 30.4 Å². The molecule has 0 aliphatic heterocycles. The Morgan fingerprint density at radius 1 is 1.59 bits per heavy atom. The molecule has 2 rings (SSSR count). The summed E-state index contributed by atoms with van der Waals surface area (Å²) >= 11 is 0. The molecule has 88 valence electrons. The highest BCUT2D eigenvalue weighted by atomic mass is 16.5. The molecule has 8 nitrogen and oxygen atoms in total. The Morgan fingerprint density at radius 2 is 2.41 bits per heavy atom. The number of rotatable bonds is 3. The minimum absolute atomic E-state index is 0.0710. The highest BCUT2D eigenvalue weighted by Crippen LogP contribution is 2.20. The number of amidine groups is 1. The van der Waals surface area contributed by atoms with Gasteiger partial charge in [-0.1, -0.05) is 5.16 Å². The maximum Gasteiger partial charge on any atom is 0.341 e. The molecule has 3 N–H and O–H groups in total. The number of hydrogen-bond donors (Lipinski definition) is 2. The lowest BCUT2D eigenvalue weighted by Gasteiger charge is -2.05. The Morgan fingerprint density at radius 3 is 3.06 bits per heavy atom. The average molecular weight is 234 g/mol. The number of aryl methyl sites for hydroxylation is 1. The molecule has 0 aliphatic rings. The number of nitrogens with two attached hydrogens (primary N) is 1. The van der Waals surface area contributed by atoms with E-state index in [1.165, 1.54) is 23.4 Å². The summed E-state index contributed by atoms with van der Waals surface area (Å²) in [4.78, 5) is 7.78. The lowest BCUT2D eigenvalue weighted by atomic mass is 10.2. The van der Waals surface area contributed by atoms with Crippen LogP contribution in [-0.2, 0) is 7.05 Å². The second kappa shape index (κ2) is 4.47. The molecule has 0 fully saturated rings. The molecule has 2 aromatic heterocycles. The second-order valence-electron chi connectivity index (χ2n) is 3.16. The average Bonchev–Trinajstić information content (AvgIpc) is 2.74. The molecular weight excluding hydrogens is 224 g/mol. The lowest BCUT2D eigenvalue weighted by Crippen LogP contribution is -2.14. The molecular formula is C9H10N6O2. The Kier molecular flexibility index (Phi) is 2.86. The number of pyridine rings is 1.